The van der Waals surface area contributed by atoms with Crippen molar-refractivity contribution in [1.29, 1.82) is 0 Å². The maximum absolute atomic E-state index is 13.4. The van der Waals surface area contributed by atoms with Crippen molar-refractivity contribution >= 4 is 23.4 Å². The Morgan fingerprint density at radius 2 is 1.83 bits per heavy atom. The van der Waals surface area contributed by atoms with Crippen LogP contribution in [0.15, 0.2) is 30.3 Å². The summed E-state index contributed by atoms with van der Waals surface area (Å²) in [7, 11) is 0. The number of ether oxygens (including phenoxy) is 1. The van der Waals surface area contributed by atoms with Gasteiger partial charge in [0.05, 0.1) is 5.02 Å². The van der Waals surface area contributed by atoms with Gasteiger partial charge in [0.25, 0.3) is 11.8 Å². The third-order valence-electron chi connectivity index (χ3n) is 5.40. The molecule has 2 amide bonds. The maximum Gasteiger partial charge on any atom is 0.270 e. The zero-order chi connectivity index (χ0) is 20.8. The molecule has 2 aromatic rings. The number of benzene rings is 1. The average Bonchev–Trinajstić information content (AvgIpc) is 2.59. The molecular formula is C21H21ClFN3O3. The van der Waals surface area contributed by atoms with Gasteiger partial charge in [-0.1, -0.05) is 11.6 Å². The summed E-state index contributed by atoms with van der Waals surface area (Å²) in [5.74, 6) is -0.829. The lowest BCUT2D eigenvalue weighted by Crippen LogP contribution is -2.84. The van der Waals surface area contributed by atoms with Crippen LogP contribution < -0.4 is 15.4 Å². The Balaban J connectivity index is 1.26. The lowest BCUT2D eigenvalue weighted by Gasteiger charge is -2.70. The molecule has 8 heteroatoms. The molecule has 3 aliphatic carbocycles. The van der Waals surface area contributed by atoms with Crippen molar-refractivity contribution in [3.05, 3.63) is 58.1 Å². The van der Waals surface area contributed by atoms with Gasteiger partial charge in [0, 0.05) is 22.8 Å². The second-order valence-corrected chi connectivity index (χ2v) is 8.54. The van der Waals surface area contributed by atoms with Gasteiger partial charge in [-0.05, 0) is 62.9 Å². The average molecular weight is 418 g/mol. The number of halogens is 2. The van der Waals surface area contributed by atoms with E-state index in [2.05, 4.69) is 15.6 Å². The molecule has 152 valence electrons. The number of rotatable bonds is 6. The highest BCUT2D eigenvalue weighted by molar-refractivity contribution is 6.30. The summed E-state index contributed by atoms with van der Waals surface area (Å²) < 4.78 is 18.7. The maximum atomic E-state index is 13.4. The van der Waals surface area contributed by atoms with Crippen molar-refractivity contribution in [2.75, 3.05) is 6.61 Å². The van der Waals surface area contributed by atoms with E-state index in [1.165, 1.54) is 12.1 Å². The molecule has 2 bridgehead atoms. The largest absolute Gasteiger partial charge is 0.484 e. The number of pyridine rings is 1. The number of aromatic nitrogens is 1. The third kappa shape index (κ3) is 3.92. The summed E-state index contributed by atoms with van der Waals surface area (Å²) in [5.41, 5.74) is 1.63. The van der Waals surface area contributed by atoms with E-state index >= 15 is 0 Å². The van der Waals surface area contributed by atoms with Gasteiger partial charge < -0.3 is 15.4 Å². The van der Waals surface area contributed by atoms with Crippen LogP contribution in [0.5, 0.6) is 5.75 Å². The molecule has 0 saturated heterocycles. The topological polar surface area (TPSA) is 80.3 Å². The van der Waals surface area contributed by atoms with Crippen molar-refractivity contribution in [1.82, 2.24) is 15.6 Å². The fraction of sp³-hybridized carbons (Fsp3) is 0.381. The highest BCUT2D eigenvalue weighted by Gasteiger charge is 2.69. The summed E-state index contributed by atoms with van der Waals surface area (Å²) in [5, 5.41) is 6.02. The van der Waals surface area contributed by atoms with Gasteiger partial charge in [-0.15, -0.1) is 0 Å². The molecule has 2 N–H and O–H groups in total. The summed E-state index contributed by atoms with van der Waals surface area (Å²) in [6.45, 7) is 3.57. The van der Waals surface area contributed by atoms with Crippen LogP contribution in [-0.4, -0.2) is 34.5 Å². The summed E-state index contributed by atoms with van der Waals surface area (Å²) in [6.07, 6.45) is 2.04. The molecule has 0 atom stereocenters. The Hall–Kier alpha value is -2.67. The van der Waals surface area contributed by atoms with Gasteiger partial charge in [0.1, 0.15) is 17.3 Å². The monoisotopic (exact) mass is 417 g/mol. The zero-order valence-electron chi connectivity index (χ0n) is 16.1. The Morgan fingerprint density at radius 3 is 2.48 bits per heavy atom. The smallest absolute Gasteiger partial charge is 0.270 e. The Morgan fingerprint density at radius 1 is 1.14 bits per heavy atom. The van der Waals surface area contributed by atoms with E-state index in [1.54, 1.807) is 6.07 Å². The minimum atomic E-state index is -0.597. The van der Waals surface area contributed by atoms with Crippen LogP contribution in [0.2, 0.25) is 5.02 Å². The number of carbonyl (C=O) groups is 2. The predicted molar refractivity (Wildman–Crippen MR) is 106 cm³/mol. The molecule has 29 heavy (non-hydrogen) atoms. The fourth-order valence-electron chi connectivity index (χ4n) is 4.36. The zero-order valence-corrected chi connectivity index (χ0v) is 16.9. The van der Waals surface area contributed by atoms with E-state index < -0.39 is 5.82 Å². The van der Waals surface area contributed by atoms with Gasteiger partial charge in [-0.3, -0.25) is 9.59 Å². The number of nitrogens with zero attached hydrogens (tertiary/aromatic N) is 1. The normalized spacial score (nSPS) is 24.1. The van der Waals surface area contributed by atoms with Crippen LogP contribution in [0.4, 0.5) is 4.39 Å². The molecular weight excluding hydrogens is 397 g/mol. The lowest BCUT2D eigenvalue weighted by atomic mass is 9.44. The lowest BCUT2D eigenvalue weighted by molar-refractivity contribution is -0.141. The number of hydrogen-bond donors (Lipinski definition) is 2. The first-order valence-electron chi connectivity index (χ1n) is 9.34. The summed E-state index contributed by atoms with van der Waals surface area (Å²) in [4.78, 5) is 29.0. The molecule has 0 radical (unpaired) electrons. The van der Waals surface area contributed by atoms with E-state index in [1.807, 2.05) is 19.9 Å². The van der Waals surface area contributed by atoms with Crippen molar-refractivity contribution in [3.8, 4) is 5.75 Å². The van der Waals surface area contributed by atoms with Crippen LogP contribution in [-0.2, 0) is 4.79 Å². The highest BCUT2D eigenvalue weighted by Crippen LogP contribution is 2.60. The quantitative estimate of drug-likeness (QED) is 0.756. The summed E-state index contributed by atoms with van der Waals surface area (Å²) >= 11 is 5.62. The fourth-order valence-corrected chi connectivity index (χ4v) is 4.48. The molecule has 6 nitrogen and oxygen atoms in total. The molecule has 0 spiro atoms. The van der Waals surface area contributed by atoms with Gasteiger partial charge in [0.15, 0.2) is 6.61 Å². The molecule has 1 heterocycles. The first-order chi connectivity index (χ1) is 13.7. The number of amides is 2. The molecule has 5 rings (SSSR count). The Kier molecular flexibility index (Phi) is 4.73. The number of carbonyl (C=O) groups excluding carboxylic acids is 2. The van der Waals surface area contributed by atoms with Gasteiger partial charge >= 0.3 is 0 Å². The standard InChI is InChI=1S/C21H21ClFN3O3/c1-12-5-13(2)24-17(6-12)19(28)26-21-9-20(10-21,11-21)25-18(27)8-29-14-3-4-15(22)16(23)7-14/h3-7H,8-11H2,1-2H3,(H,25,27)(H,26,28). The van der Waals surface area contributed by atoms with Crippen molar-refractivity contribution in [3.63, 3.8) is 0 Å². The van der Waals surface area contributed by atoms with Crippen LogP contribution in [0.3, 0.4) is 0 Å². The predicted octanol–water partition coefficient (Wildman–Crippen LogP) is 3.09. The van der Waals surface area contributed by atoms with Crippen LogP contribution in [0, 0.1) is 19.7 Å². The molecule has 1 aromatic heterocycles. The Labute approximate surface area is 172 Å². The van der Waals surface area contributed by atoms with Crippen molar-refractivity contribution in [2.24, 2.45) is 0 Å². The molecule has 3 fully saturated rings. The van der Waals surface area contributed by atoms with Crippen molar-refractivity contribution < 1.29 is 18.7 Å². The third-order valence-corrected chi connectivity index (χ3v) is 5.71. The molecule has 3 saturated carbocycles. The van der Waals surface area contributed by atoms with E-state index in [0.29, 0.717) is 25.0 Å². The van der Waals surface area contributed by atoms with Crippen LogP contribution in [0.25, 0.3) is 0 Å². The number of nitrogens with one attached hydrogen (secondary N) is 2. The minimum absolute atomic E-state index is 0.000891. The second-order valence-electron chi connectivity index (χ2n) is 8.13. The second kappa shape index (κ2) is 6.99. The highest BCUT2D eigenvalue weighted by atomic mass is 35.5. The summed E-state index contributed by atoms with van der Waals surface area (Å²) in [6, 6.07) is 7.71. The number of aryl methyl sites for hydroxylation is 2. The van der Waals surface area contributed by atoms with E-state index in [9.17, 15) is 14.0 Å². The first kappa shape index (κ1) is 19.6. The van der Waals surface area contributed by atoms with E-state index in [-0.39, 0.29) is 40.3 Å². The molecule has 3 aliphatic rings. The van der Waals surface area contributed by atoms with Gasteiger partial charge in [-0.2, -0.15) is 0 Å². The molecule has 1 aromatic carbocycles. The molecule has 0 aliphatic heterocycles. The minimum Gasteiger partial charge on any atom is -0.484 e. The van der Waals surface area contributed by atoms with Gasteiger partial charge in [0.2, 0.25) is 0 Å². The SMILES string of the molecule is Cc1cc(C)nc(C(=O)NC23CC(NC(=O)COc4ccc(Cl)c(F)c4)(C2)C3)c1. The van der Waals surface area contributed by atoms with Crippen molar-refractivity contribution in [2.45, 2.75) is 44.2 Å². The van der Waals surface area contributed by atoms with E-state index in [4.69, 9.17) is 16.3 Å². The van der Waals surface area contributed by atoms with Crippen LogP contribution in [0.1, 0.15) is 41.0 Å². The Bertz CT molecular complexity index is 971. The van der Waals surface area contributed by atoms with Crippen LogP contribution >= 0.6 is 11.6 Å². The number of hydrogen-bond acceptors (Lipinski definition) is 4. The first-order valence-corrected chi connectivity index (χ1v) is 9.72. The van der Waals surface area contributed by atoms with Gasteiger partial charge in [-0.25, -0.2) is 9.37 Å². The molecule has 0 unspecified atom stereocenters. The van der Waals surface area contributed by atoms with E-state index in [0.717, 1.165) is 17.3 Å².